The summed E-state index contributed by atoms with van der Waals surface area (Å²) < 4.78 is 32.4. The molecule has 0 radical (unpaired) electrons. The van der Waals surface area contributed by atoms with Gasteiger partial charge in [0.25, 0.3) is 17.4 Å². The molecule has 1 aromatic heterocycles. The maximum atomic E-state index is 13.1. The molecular weight excluding hydrogens is 258 g/mol. The molecule has 104 valence electrons. The average molecular weight is 272 g/mol. The summed E-state index contributed by atoms with van der Waals surface area (Å²) in [5.74, 6) is -3.29. The van der Waals surface area contributed by atoms with E-state index in [0.29, 0.717) is 0 Å². The molecule has 0 saturated carbocycles. The van der Waals surface area contributed by atoms with E-state index in [1.807, 2.05) is 0 Å². The highest BCUT2D eigenvalue weighted by Gasteiger charge is 2.41. The summed E-state index contributed by atoms with van der Waals surface area (Å²) in [7, 11) is 2.81. The molecular formula is C12H14F2N2O3. The lowest BCUT2D eigenvalue weighted by Gasteiger charge is -2.18. The van der Waals surface area contributed by atoms with E-state index in [4.69, 9.17) is 4.74 Å². The third kappa shape index (κ3) is 2.59. The number of methoxy groups -OCH3 is 1. The summed E-state index contributed by atoms with van der Waals surface area (Å²) in [5.41, 5.74) is -0.220. The molecule has 1 aliphatic rings. The SMILES string of the molecule is COc1cc(=O)n(C)cc1C(=O)N1CCC(F)(F)C1. The van der Waals surface area contributed by atoms with Crippen LogP contribution in [0.15, 0.2) is 17.1 Å². The van der Waals surface area contributed by atoms with Crippen LogP contribution in [0.3, 0.4) is 0 Å². The highest BCUT2D eigenvalue weighted by molar-refractivity contribution is 5.96. The summed E-state index contributed by atoms with van der Waals surface area (Å²) >= 11 is 0. The second-order valence-corrected chi connectivity index (χ2v) is 4.54. The van der Waals surface area contributed by atoms with Crippen molar-refractivity contribution in [3.63, 3.8) is 0 Å². The standard InChI is InChI=1S/C12H14F2N2O3/c1-15-6-8(9(19-2)5-10(15)17)11(18)16-4-3-12(13,14)7-16/h5-6H,3-4,7H2,1-2H3. The topological polar surface area (TPSA) is 51.5 Å². The van der Waals surface area contributed by atoms with Gasteiger partial charge < -0.3 is 14.2 Å². The number of alkyl halides is 2. The summed E-state index contributed by atoms with van der Waals surface area (Å²) in [6, 6.07) is 1.17. The van der Waals surface area contributed by atoms with E-state index in [2.05, 4.69) is 0 Å². The molecule has 0 N–H and O–H groups in total. The summed E-state index contributed by atoms with van der Waals surface area (Å²) in [6.45, 7) is -0.602. The van der Waals surface area contributed by atoms with E-state index in [1.54, 1.807) is 0 Å². The third-order valence-electron chi connectivity index (χ3n) is 3.10. The smallest absolute Gasteiger partial charge is 0.267 e. The van der Waals surface area contributed by atoms with Crippen LogP contribution in [0.4, 0.5) is 8.78 Å². The maximum absolute atomic E-state index is 13.1. The van der Waals surface area contributed by atoms with Gasteiger partial charge in [-0.25, -0.2) is 8.78 Å². The molecule has 0 bridgehead atoms. The Labute approximate surface area is 108 Å². The van der Waals surface area contributed by atoms with Gasteiger partial charge in [0.15, 0.2) is 0 Å². The Hall–Kier alpha value is -1.92. The van der Waals surface area contributed by atoms with Gasteiger partial charge in [-0.1, -0.05) is 0 Å². The van der Waals surface area contributed by atoms with Gasteiger partial charge in [-0.15, -0.1) is 0 Å². The molecule has 1 amide bonds. The van der Waals surface area contributed by atoms with Gasteiger partial charge in [0.05, 0.1) is 19.2 Å². The van der Waals surface area contributed by atoms with Gasteiger partial charge in [0.2, 0.25) is 0 Å². The minimum Gasteiger partial charge on any atom is -0.496 e. The Kier molecular flexibility index (Phi) is 3.30. The maximum Gasteiger partial charge on any atom is 0.267 e. The molecule has 2 heterocycles. The van der Waals surface area contributed by atoms with Crippen molar-refractivity contribution < 1.29 is 18.3 Å². The minimum absolute atomic E-state index is 0.00215. The lowest BCUT2D eigenvalue weighted by Crippen LogP contribution is -2.32. The molecule has 1 saturated heterocycles. The molecule has 0 unspecified atom stereocenters. The van der Waals surface area contributed by atoms with Gasteiger partial charge in [-0.2, -0.15) is 0 Å². The monoisotopic (exact) mass is 272 g/mol. The van der Waals surface area contributed by atoms with Gasteiger partial charge in [-0.05, 0) is 0 Å². The number of hydrogen-bond donors (Lipinski definition) is 0. The van der Waals surface area contributed by atoms with E-state index < -0.39 is 18.4 Å². The second-order valence-electron chi connectivity index (χ2n) is 4.54. The number of nitrogens with zero attached hydrogens (tertiary/aromatic N) is 2. The van der Waals surface area contributed by atoms with Crippen molar-refractivity contribution in [2.45, 2.75) is 12.3 Å². The van der Waals surface area contributed by atoms with E-state index in [0.717, 1.165) is 4.90 Å². The van der Waals surface area contributed by atoms with Crippen molar-refractivity contribution in [3.05, 3.63) is 28.2 Å². The fourth-order valence-corrected chi connectivity index (χ4v) is 2.02. The van der Waals surface area contributed by atoms with Gasteiger partial charge in [0, 0.05) is 32.3 Å². The van der Waals surface area contributed by atoms with Crippen LogP contribution in [0.1, 0.15) is 16.8 Å². The predicted molar refractivity (Wildman–Crippen MR) is 63.7 cm³/mol. The van der Waals surface area contributed by atoms with Crippen LogP contribution in [0.25, 0.3) is 0 Å². The molecule has 19 heavy (non-hydrogen) atoms. The zero-order valence-electron chi connectivity index (χ0n) is 10.7. The molecule has 1 fully saturated rings. The molecule has 1 aliphatic heterocycles. The predicted octanol–water partition coefficient (Wildman–Crippen LogP) is 0.875. The number of rotatable bonds is 2. The second kappa shape index (κ2) is 4.64. The van der Waals surface area contributed by atoms with Crippen molar-refractivity contribution >= 4 is 5.91 Å². The van der Waals surface area contributed by atoms with E-state index in [9.17, 15) is 18.4 Å². The van der Waals surface area contributed by atoms with E-state index >= 15 is 0 Å². The first kappa shape index (κ1) is 13.5. The first-order chi connectivity index (χ1) is 8.84. The van der Waals surface area contributed by atoms with Crippen LogP contribution in [0.5, 0.6) is 5.75 Å². The Balaban J connectivity index is 2.34. The third-order valence-corrected chi connectivity index (χ3v) is 3.10. The zero-order chi connectivity index (χ0) is 14.2. The molecule has 7 heteroatoms. The fraction of sp³-hybridized carbons (Fsp3) is 0.500. The van der Waals surface area contributed by atoms with E-state index in [-0.39, 0.29) is 29.8 Å². The average Bonchev–Trinajstić information content (AvgIpc) is 2.71. The first-order valence-electron chi connectivity index (χ1n) is 5.76. The van der Waals surface area contributed by atoms with Crippen molar-refractivity contribution in [1.29, 1.82) is 0 Å². The van der Waals surface area contributed by atoms with Crippen molar-refractivity contribution in [1.82, 2.24) is 9.47 Å². The normalized spacial score (nSPS) is 17.6. The zero-order valence-corrected chi connectivity index (χ0v) is 10.7. The van der Waals surface area contributed by atoms with Crippen LogP contribution in [0.2, 0.25) is 0 Å². The van der Waals surface area contributed by atoms with Gasteiger partial charge >= 0.3 is 0 Å². The van der Waals surface area contributed by atoms with Crippen molar-refractivity contribution in [2.75, 3.05) is 20.2 Å². The molecule has 0 aliphatic carbocycles. The lowest BCUT2D eigenvalue weighted by molar-refractivity contribution is 0.0119. The van der Waals surface area contributed by atoms with Gasteiger partial charge in [-0.3, -0.25) is 9.59 Å². The van der Waals surface area contributed by atoms with Gasteiger partial charge in [0.1, 0.15) is 5.75 Å². The number of carbonyl (C=O) groups excluding carboxylic acids is 1. The van der Waals surface area contributed by atoms with Crippen LogP contribution in [0, 0.1) is 0 Å². The largest absolute Gasteiger partial charge is 0.496 e. The number of aryl methyl sites for hydroxylation is 1. The Morgan fingerprint density at radius 3 is 2.68 bits per heavy atom. The number of likely N-dealkylation sites (tertiary alicyclic amines) is 1. The molecule has 5 nitrogen and oxygen atoms in total. The highest BCUT2D eigenvalue weighted by atomic mass is 19.3. The first-order valence-corrected chi connectivity index (χ1v) is 5.76. The Morgan fingerprint density at radius 1 is 1.47 bits per heavy atom. The lowest BCUT2D eigenvalue weighted by atomic mass is 10.2. The van der Waals surface area contributed by atoms with Crippen LogP contribution in [-0.4, -0.2) is 41.5 Å². The van der Waals surface area contributed by atoms with Crippen LogP contribution >= 0.6 is 0 Å². The number of hydrogen-bond acceptors (Lipinski definition) is 3. The number of aromatic nitrogens is 1. The Morgan fingerprint density at radius 2 is 2.16 bits per heavy atom. The minimum atomic E-state index is -2.84. The van der Waals surface area contributed by atoms with Crippen molar-refractivity contribution in [3.8, 4) is 5.75 Å². The van der Waals surface area contributed by atoms with Crippen molar-refractivity contribution in [2.24, 2.45) is 7.05 Å². The quantitative estimate of drug-likeness (QED) is 0.803. The molecule has 1 aromatic rings. The summed E-state index contributed by atoms with van der Waals surface area (Å²) in [4.78, 5) is 24.7. The Bertz CT molecular complexity index is 569. The fourth-order valence-electron chi connectivity index (χ4n) is 2.02. The number of ether oxygens (including phenoxy) is 1. The molecule has 0 spiro atoms. The summed E-state index contributed by atoms with van der Waals surface area (Å²) in [6.07, 6.45) is 0.965. The van der Waals surface area contributed by atoms with Crippen LogP contribution < -0.4 is 10.3 Å². The number of halogens is 2. The molecule has 0 atom stereocenters. The number of pyridine rings is 1. The molecule has 2 rings (SSSR count). The number of amides is 1. The van der Waals surface area contributed by atoms with E-state index in [1.165, 1.54) is 31.0 Å². The summed E-state index contributed by atoms with van der Waals surface area (Å²) in [5, 5.41) is 0. The van der Waals surface area contributed by atoms with Crippen LogP contribution in [-0.2, 0) is 7.05 Å². The highest BCUT2D eigenvalue weighted by Crippen LogP contribution is 2.29. The number of carbonyl (C=O) groups is 1. The molecule has 0 aromatic carbocycles.